The quantitative estimate of drug-likeness (QED) is 0.678. The largest absolute Gasteiger partial charge is 0.496 e. The lowest BCUT2D eigenvalue weighted by molar-refractivity contribution is -0.149. The van der Waals surface area contributed by atoms with Crippen LogP contribution in [0, 0.1) is 0 Å². The van der Waals surface area contributed by atoms with Gasteiger partial charge < -0.3 is 29.4 Å². The van der Waals surface area contributed by atoms with Crippen molar-refractivity contribution in [3.05, 3.63) is 47.5 Å². The Morgan fingerprint density at radius 1 is 1.23 bits per heavy atom. The van der Waals surface area contributed by atoms with Gasteiger partial charge in [-0.2, -0.15) is 0 Å². The molecule has 2 atom stereocenters. The number of benzene rings is 1. The van der Waals surface area contributed by atoms with Gasteiger partial charge in [0.1, 0.15) is 17.8 Å². The van der Waals surface area contributed by atoms with Gasteiger partial charge in [0.25, 0.3) is 0 Å². The van der Waals surface area contributed by atoms with E-state index in [9.17, 15) is 14.4 Å². The first-order valence-corrected chi connectivity index (χ1v) is 9.37. The van der Waals surface area contributed by atoms with E-state index in [1.54, 1.807) is 24.4 Å². The number of para-hydroxylation sites is 1. The van der Waals surface area contributed by atoms with Crippen LogP contribution in [0.2, 0.25) is 0 Å². The Morgan fingerprint density at radius 2 is 2.00 bits per heavy atom. The van der Waals surface area contributed by atoms with Gasteiger partial charge in [-0.15, -0.1) is 0 Å². The van der Waals surface area contributed by atoms with Gasteiger partial charge in [0, 0.05) is 24.2 Å². The molecule has 3 rings (SSSR count). The number of hydrogen-bond donors (Lipinski definition) is 2. The van der Waals surface area contributed by atoms with Gasteiger partial charge in [-0.25, -0.2) is 14.6 Å². The van der Waals surface area contributed by atoms with Gasteiger partial charge in [-0.05, 0) is 6.07 Å². The number of amides is 2. The number of fused-ring (bicyclic) bond motifs is 1. The molecule has 2 amide bonds. The van der Waals surface area contributed by atoms with Crippen molar-refractivity contribution in [3.63, 3.8) is 0 Å². The molecule has 0 spiro atoms. The van der Waals surface area contributed by atoms with Gasteiger partial charge in [0.15, 0.2) is 0 Å². The Bertz CT molecular complexity index is 928. The van der Waals surface area contributed by atoms with E-state index in [4.69, 9.17) is 9.47 Å². The number of nitrogens with zero attached hydrogens (tertiary/aromatic N) is 2. The summed E-state index contributed by atoms with van der Waals surface area (Å²) in [6.45, 7) is 0.371. The lowest BCUT2D eigenvalue weighted by Gasteiger charge is -2.36. The van der Waals surface area contributed by atoms with Crippen LogP contribution in [0.3, 0.4) is 0 Å². The van der Waals surface area contributed by atoms with E-state index >= 15 is 0 Å². The van der Waals surface area contributed by atoms with Crippen LogP contribution in [0.1, 0.15) is 29.4 Å². The number of aromatic nitrogens is 2. The van der Waals surface area contributed by atoms with Crippen LogP contribution < -0.4 is 10.1 Å². The summed E-state index contributed by atoms with van der Waals surface area (Å²) in [5, 5.41) is 2.60. The fraction of sp³-hybridized carbons (Fsp3) is 0.400. The van der Waals surface area contributed by atoms with Crippen LogP contribution in [0.25, 0.3) is 0 Å². The SMILES string of the molecule is COC(=O)C[C@H](NC(=O)N1CCc2[nH]cnc2C1c1ccccc1OC)C(=O)OC. The number of esters is 2. The van der Waals surface area contributed by atoms with Crippen LogP contribution in [0.15, 0.2) is 30.6 Å². The van der Waals surface area contributed by atoms with E-state index in [0.717, 1.165) is 11.3 Å². The molecule has 1 aliphatic heterocycles. The molecule has 0 aliphatic carbocycles. The molecule has 2 heterocycles. The van der Waals surface area contributed by atoms with E-state index in [2.05, 4.69) is 20.0 Å². The highest BCUT2D eigenvalue weighted by molar-refractivity contribution is 5.87. The Kier molecular flexibility index (Phi) is 6.55. The molecule has 1 unspecified atom stereocenters. The first-order chi connectivity index (χ1) is 14.5. The Balaban J connectivity index is 1.93. The highest BCUT2D eigenvalue weighted by Crippen LogP contribution is 2.37. The Labute approximate surface area is 173 Å². The molecule has 10 heteroatoms. The third-order valence-corrected chi connectivity index (χ3v) is 5.00. The number of carbonyl (C=O) groups excluding carboxylic acids is 3. The van der Waals surface area contributed by atoms with Crippen molar-refractivity contribution < 1.29 is 28.6 Å². The van der Waals surface area contributed by atoms with E-state index in [1.807, 2.05) is 18.2 Å². The topological polar surface area (TPSA) is 123 Å². The van der Waals surface area contributed by atoms with Crippen molar-refractivity contribution in [2.24, 2.45) is 0 Å². The minimum Gasteiger partial charge on any atom is -0.496 e. The Morgan fingerprint density at radius 3 is 2.70 bits per heavy atom. The summed E-state index contributed by atoms with van der Waals surface area (Å²) in [7, 11) is 3.95. The standard InChI is InChI=1S/C20H24N4O6/c1-28-15-7-5-4-6-12(15)18-17-13(21-11-22-17)8-9-24(18)20(27)23-14(19(26)30-3)10-16(25)29-2/h4-7,11,14,18H,8-10H2,1-3H3,(H,21,22)(H,23,27)/t14-,18?/m0/s1. The molecule has 0 radical (unpaired) electrons. The van der Waals surface area contributed by atoms with Crippen molar-refractivity contribution in [1.29, 1.82) is 0 Å². The second-order valence-corrected chi connectivity index (χ2v) is 6.66. The van der Waals surface area contributed by atoms with E-state index in [-0.39, 0.29) is 6.42 Å². The van der Waals surface area contributed by atoms with E-state index in [0.29, 0.717) is 24.4 Å². The van der Waals surface area contributed by atoms with Gasteiger partial charge in [-0.1, -0.05) is 18.2 Å². The van der Waals surface area contributed by atoms with Crippen molar-refractivity contribution in [2.45, 2.75) is 24.9 Å². The number of rotatable bonds is 6. The molecule has 0 bridgehead atoms. The third-order valence-electron chi connectivity index (χ3n) is 5.00. The molecule has 1 aromatic heterocycles. The minimum atomic E-state index is -1.17. The summed E-state index contributed by atoms with van der Waals surface area (Å²) in [5.41, 5.74) is 2.38. The summed E-state index contributed by atoms with van der Waals surface area (Å²) in [6, 6.07) is 5.12. The molecule has 1 aliphatic rings. The first-order valence-electron chi connectivity index (χ1n) is 9.37. The highest BCUT2D eigenvalue weighted by atomic mass is 16.5. The molecular formula is C20H24N4O6. The normalized spacial score (nSPS) is 16.2. The predicted octanol–water partition coefficient (Wildman–Crippen LogP) is 1.18. The van der Waals surface area contributed by atoms with Crippen LogP contribution in [-0.4, -0.2) is 66.8 Å². The highest BCUT2D eigenvalue weighted by Gasteiger charge is 2.37. The van der Waals surface area contributed by atoms with Crippen molar-refractivity contribution >= 4 is 18.0 Å². The number of imidazole rings is 1. The molecule has 0 saturated carbocycles. The summed E-state index contributed by atoms with van der Waals surface area (Å²) in [5.74, 6) is -0.768. The number of aromatic amines is 1. The maximum absolute atomic E-state index is 13.2. The molecule has 30 heavy (non-hydrogen) atoms. The molecule has 160 valence electrons. The maximum Gasteiger partial charge on any atom is 0.329 e. The second-order valence-electron chi connectivity index (χ2n) is 6.66. The van der Waals surface area contributed by atoms with Crippen LogP contribution in [0.4, 0.5) is 4.79 Å². The monoisotopic (exact) mass is 416 g/mol. The predicted molar refractivity (Wildman–Crippen MR) is 105 cm³/mol. The van der Waals surface area contributed by atoms with Gasteiger partial charge in [-0.3, -0.25) is 4.79 Å². The minimum absolute atomic E-state index is 0.338. The summed E-state index contributed by atoms with van der Waals surface area (Å²) < 4.78 is 14.8. The smallest absolute Gasteiger partial charge is 0.329 e. The van der Waals surface area contributed by atoms with Gasteiger partial charge in [0.05, 0.1) is 39.8 Å². The van der Waals surface area contributed by atoms with Gasteiger partial charge in [0.2, 0.25) is 0 Å². The zero-order valence-corrected chi connectivity index (χ0v) is 17.0. The van der Waals surface area contributed by atoms with Crippen molar-refractivity contribution in [2.75, 3.05) is 27.9 Å². The first kappa shape index (κ1) is 21.2. The molecular weight excluding hydrogens is 392 g/mol. The molecule has 1 aromatic carbocycles. The lowest BCUT2D eigenvalue weighted by Crippen LogP contribution is -2.52. The molecule has 10 nitrogen and oxygen atoms in total. The average Bonchev–Trinajstić information content (AvgIpc) is 3.26. The third kappa shape index (κ3) is 4.22. The number of nitrogens with one attached hydrogen (secondary N) is 2. The molecule has 2 N–H and O–H groups in total. The average molecular weight is 416 g/mol. The second kappa shape index (κ2) is 9.29. The summed E-state index contributed by atoms with van der Waals surface area (Å²) >= 11 is 0. The van der Waals surface area contributed by atoms with Crippen molar-refractivity contribution in [1.82, 2.24) is 20.2 Å². The molecule has 2 aromatic rings. The zero-order valence-electron chi connectivity index (χ0n) is 17.0. The summed E-state index contributed by atoms with van der Waals surface area (Å²) in [6.07, 6.45) is 1.81. The fourth-order valence-corrected chi connectivity index (χ4v) is 3.52. The fourth-order valence-electron chi connectivity index (χ4n) is 3.52. The molecule has 0 saturated heterocycles. The number of hydrogen-bond acceptors (Lipinski definition) is 7. The zero-order chi connectivity index (χ0) is 21.7. The molecule has 0 fully saturated rings. The van der Waals surface area contributed by atoms with Crippen LogP contribution in [0.5, 0.6) is 5.75 Å². The van der Waals surface area contributed by atoms with Gasteiger partial charge >= 0.3 is 18.0 Å². The number of carbonyl (C=O) groups is 3. The number of ether oxygens (including phenoxy) is 3. The van der Waals surface area contributed by atoms with Crippen LogP contribution in [-0.2, 0) is 25.5 Å². The number of methoxy groups -OCH3 is 3. The number of H-pyrrole nitrogens is 1. The Hall–Kier alpha value is -3.56. The maximum atomic E-state index is 13.2. The van der Waals surface area contributed by atoms with E-state index < -0.39 is 30.1 Å². The summed E-state index contributed by atoms with van der Waals surface area (Å²) in [4.78, 5) is 46.0. The van der Waals surface area contributed by atoms with Crippen LogP contribution >= 0.6 is 0 Å². The van der Waals surface area contributed by atoms with E-state index in [1.165, 1.54) is 14.2 Å². The number of urea groups is 1. The van der Waals surface area contributed by atoms with Crippen molar-refractivity contribution in [3.8, 4) is 5.75 Å². The lowest BCUT2D eigenvalue weighted by atomic mass is 9.95.